The molecule has 1 saturated heterocycles. The van der Waals surface area contributed by atoms with Crippen LogP contribution in [0.4, 0.5) is 4.79 Å². The van der Waals surface area contributed by atoms with Gasteiger partial charge >= 0.3 is 6.03 Å². The van der Waals surface area contributed by atoms with Gasteiger partial charge in [0.05, 0.1) is 0 Å². The zero-order chi connectivity index (χ0) is 16.8. The molecule has 0 radical (unpaired) electrons. The highest BCUT2D eigenvalue weighted by Crippen LogP contribution is 2.20. The molecule has 1 aromatic carbocycles. The van der Waals surface area contributed by atoms with Crippen LogP contribution in [-0.4, -0.2) is 50.3 Å². The summed E-state index contributed by atoms with van der Waals surface area (Å²) >= 11 is 0. The summed E-state index contributed by atoms with van der Waals surface area (Å²) in [6.45, 7) is 1.37. The topological polar surface area (TPSA) is 75.9 Å². The Bertz CT molecular complexity index is 656. The Morgan fingerprint density at radius 2 is 2.12 bits per heavy atom. The van der Waals surface area contributed by atoms with Gasteiger partial charge in [-0.3, -0.25) is 0 Å². The van der Waals surface area contributed by atoms with Crippen LogP contribution in [0, 0.1) is 0 Å². The number of likely N-dealkylation sites (tertiary alicyclic amines) is 1. The Kier molecular flexibility index (Phi) is 5.40. The molecule has 0 saturated carbocycles. The number of urea groups is 1. The highest BCUT2D eigenvalue weighted by molar-refractivity contribution is 5.74. The molecular weight excluding hydrogens is 304 g/mol. The fraction of sp³-hybridized carbons (Fsp3) is 0.529. The Labute approximate surface area is 142 Å². The van der Waals surface area contributed by atoms with Crippen molar-refractivity contribution in [2.75, 3.05) is 13.1 Å². The van der Waals surface area contributed by atoms with E-state index in [0.29, 0.717) is 13.0 Å². The fourth-order valence-electron chi connectivity index (χ4n) is 3.21. The first-order valence-corrected chi connectivity index (χ1v) is 8.53. The smallest absolute Gasteiger partial charge is 0.317 e. The van der Waals surface area contributed by atoms with Gasteiger partial charge in [-0.05, 0) is 41.7 Å². The van der Waals surface area contributed by atoms with Gasteiger partial charge < -0.3 is 10.2 Å². The maximum absolute atomic E-state index is 12.6. The maximum atomic E-state index is 12.6. The number of piperidine rings is 1. The lowest BCUT2D eigenvalue weighted by molar-refractivity contribution is 0.151. The molecule has 128 valence electrons. The molecule has 1 fully saturated rings. The summed E-state index contributed by atoms with van der Waals surface area (Å²) in [5, 5.41) is 14.3. The van der Waals surface area contributed by atoms with Gasteiger partial charge in [0, 0.05) is 32.6 Å². The monoisotopic (exact) mass is 328 g/mol. The summed E-state index contributed by atoms with van der Waals surface area (Å²) in [4.78, 5) is 14.6. The fourth-order valence-corrected chi connectivity index (χ4v) is 3.21. The van der Waals surface area contributed by atoms with Crippen LogP contribution in [0.3, 0.4) is 0 Å². The number of carbonyl (C=O) groups excluding carboxylic acids is 1. The maximum Gasteiger partial charge on any atom is 0.317 e. The minimum Gasteiger partial charge on any atom is -0.338 e. The number of amides is 2. The largest absolute Gasteiger partial charge is 0.338 e. The van der Waals surface area contributed by atoms with Crippen molar-refractivity contribution in [1.29, 1.82) is 0 Å². The van der Waals surface area contributed by atoms with Crippen molar-refractivity contribution in [3.63, 3.8) is 0 Å². The van der Waals surface area contributed by atoms with E-state index in [-0.39, 0.29) is 12.1 Å². The molecule has 7 heteroatoms. The highest BCUT2D eigenvalue weighted by atomic mass is 16.2. The second-order valence-corrected chi connectivity index (χ2v) is 6.23. The number of hydrogen-bond donors (Lipinski definition) is 1. The number of tetrazole rings is 1. The second kappa shape index (κ2) is 7.90. The average molecular weight is 328 g/mol. The molecule has 1 aliphatic heterocycles. The van der Waals surface area contributed by atoms with Crippen LogP contribution in [0.5, 0.6) is 0 Å². The number of rotatable bonds is 5. The number of aromatic nitrogens is 4. The van der Waals surface area contributed by atoms with Crippen LogP contribution in [0.25, 0.3) is 0 Å². The minimum absolute atomic E-state index is 0.0192. The predicted molar refractivity (Wildman–Crippen MR) is 90.4 cm³/mol. The van der Waals surface area contributed by atoms with Crippen molar-refractivity contribution in [2.24, 2.45) is 7.05 Å². The zero-order valence-corrected chi connectivity index (χ0v) is 14.1. The van der Waals surface area contributed by atoms with Gasteiger partial charge in [-0.25, -0.2) is 9.48 Å². The number of nitrogens with one attached hydrogen (secondary N) is 1. The molecule has 2 heterocycles. The summed E-state index contributed by atoms with van der Waals surface area (Å²) < 4.78 is 1.63. The summed E-state index contributed by atoms with van der Waals surface area (Å²) in [6, 6.07) is 10.7. The molecule has 1 N–H and O–H groups in total. The molecule has 2 amide bonds. The van der Waals surface area contributed by atoms with E-state index in [9.17, 15) is 4.79 Å². The van der Waals surface area contributed by atoms with Crippen LogP contribution in [0.2, 0.25) is 0 Å². The molecular formula is C17H24N6O. The van der Waals surface area contributed by atoms with E-state index in [0.717, 1.165) is 31.6 Å². The summed E-state index contributed by atoms with van der Waals surface area (Å²) in [5.74, 6) is 0.773. The number of aryl methyl sites for hydroxylation is 1. The van der Waals surface area contributed by atoms with Gasteiger partial charge in [-0.15, -0.1) is 5.10 Å². The van der Waals surface area contributed by atoms with Crippen LogP contribution in [0.1, 0.15) is 30.7 Å². The van der Waals surface area contributed by atoms with E-state index >= 15 is 0 Å². The van der Waals surface area contributed by atoms with Crippen LogP contribution in [-0.2, 0) is 19.9 Å². The number of benzene rings is 1. The van der Waals surface area contributed by atoms with E-state index < -0.39 is 0 Å². The number of carbonyl (C=O) groups is 1. The highest BCUT2D eigenvalue weighted by Gasteiger charge is 2.26. The number of hydrogen-bond acceptors (Lipinski definition) is 4. The van der Waals surface area contributed by atoms with Crippen molar-refractivity contribution in [3.8, 4) is 0 Å². The van der Waals surface area contributed by atoms with E-state index in [1.165, 1.54) is 12.0 Å². The molecule has 1 unspecified atom stereocenters. The summed E-state index contributed by atoms with van der Waals surface area (Å²) in [5.41, 5.74) is 1.28. The van der Waals surface area contributed by atoms with Gasteiger partial charge in [0.2, 0.25) is 0 Å². The second-order valence-electron chi connectivity index (χ2n) is 6.23. The normalized spacial score (nSPS) is 17.7. The van der Waals surface area contributed by atoms with Crippen molar-refractivity contribution < 1.29 is 4.79 Å². The molecule has 24 heavy (non-hydrogen) atoms. The SMILES string of the molecule is Cn1nnnc1CCNC(=O)N1CCCCC1Cc1ccccc1. The molecule has 0 spiro atoms. The first kappa shape index (κ1) is 16.4. The quantitative estimate of drug-likeness (QED) is 0.904. The van der Waals surface area contributed by atoms with Crippen molar-refractivity contribution >= 4 is 6.03 Å². The molecule has 1 aliphatic rings. The molecule has 0 aliphatic carbocycles. The van der Waals surface area contributed by atoms with E-state index in [2.05, 4.69) is 45.1 Å². The lowest BCUT2D eigenvalue weighted by Gasteiger charge is -2.36. The molecule has 7 nitrogen and oxygen atoms in total. The van der Waals surface area contributed by atoms with Crippen LogP contribution in [0.15, 0.2) is 30.3 Å². The predicted octanol–water partition coefficient (Wildman–Crippen LogP) is 1.56. The Balaban J connectivity index is 1.54. The number of nitrogens with zero attached hydrogens (tertiary/aromatic N) is 5. The summed E-state index contributed by atoms with van der Waals surface area (Å²) in [7, 11) is 1.80. The van der Waals surface area contributed by atoms with Gasteiger partial charge in [0.15, 0.2) is 5.82 Å². The first-order chi connectivity index (χ1) is 11.7. The Morgan fingerprint density at radius 3 is 2.88 bits per heavy atom. The van der Waals surface area contributed by atoms with E-state index in [1.54, 1.807) is 11.7 Å². The van der Waals surface area contributed by atoms with Crippen LogP contribution < -0.4 is 5.32 Å². The van der Waals surface area contributed by atoms with Gasteiger partial charge in [-0.2, -0.15) is 0 Å². The van der Waals surface area contributed by atoms with Crippen molar-refractivity contribution in [3.05, 3.63) is 41.7 Å². The van der Waals surface area contributed by atoms with Gasteiger partial charge in [0.25, 0.3) is 0 Å². The van der Waals surface area contributed by atoms with Crippen molar-refractivity contribution in [1.82, 2.24) is 30.4 Å². The third-order valence-electron chi connectivity index (χ3n) is 4.53. The van der Waals surface area contributed by atoms with Crippen LogP contribution >= 0.6 is 0 Å². The molecule has 0 bridgehead atoms. The summed E-state index contributed by atoms with van der Waals surface area (Å²) in [6.07, 6.45) is 4.88. The Hall–Kier alpha value is -2.44. The molecule has 2 aromatic rings. The van der Waals surface area contributed by atoms with E-state index in [4.69, 9.17) is 0 Å². The zero-order valence-electron chi connectivity index (χ0n) is 14.1. The lowest BCUT2D eigenvalue weighted by atomic mass is 9.96. The molecule has 3 rings (SSSR count). The standard InChI is InChI=1S/C17H24N6O/c1-22-16(19-20-21-22)10-11-18-17(24)23-12-6-5-9-15(23)13-14-7-3-2-4-8-14/h2-4,7-8,15H,5-6,9-13H2,1H3,(H,18,24). The van der Waals surface area contributed by atoms with Crippen molar-refractivity contribution in [2.45, 2.75) is 38.1 Å². The van der Waals surface area contributed by atoms with Gasteiger partial charge in [0.1, 0.15) is 0 Å². The molecule has 1 atom stereocenters. The average Bonchev–Trinajstić information content (AvgIpc) is 3.01. The van der Waals surface area contributed by atoms with Gasteiger partial charge in [-0.1, -0.05) is 30.3 Å². The molecule has 1 aromatic heterocycles. The Morgan fingerprint density at radius 1 is 1.29 bits per heavy atom. The third kappa shape index (κ3) is 4.10. The third-order valence-corrected chi connectivity index (χ3v) is 4.53. The lowest BCUT2D eigenvalue weighted by Crippen LogP contribution is -2.49. The van der Waals surface area contributed by atoms with E-state index in [1.807, 2.05) is 11.0 Å². The first-order valence-electron chi connectivity index (χ1n) is 8.53. The minimum atomic E-state index is 0.0192.